The van der Waals surface area contributed by atoms with E-state index in [0.717, 1.165) is 0 Å². The Morgan fingerprint density at radius 2 is 1.62 bits per heavy atom. The molecule has 7 heteroatoms. The van der Waals surface area contributed by atoms with E-state index in [2.05, 4.69) is 0 Å². The normalized spacial score (nSPS) is 10.3. The van der Waals surface area contributed by atoms with Crippen LogP contribution in [0.25, 0.3) is 0 Å². The molecule has 0 spiro atoms. The Kier molecular flexibility index (Phi) is 10.2. The van der Waals surface area contributed by atoms with Gasteiger partial charge in [-0.05, 0) is 32.4 Å². The zero-order chi connectivity index (χ0) is 19.4. The third-order valence-electron chi connectivity index (χ3n) is 3.70. The smallest absolute Gasteiger partial charge is 0.307 e. The summed E-state index contributed by atoms with van der Waals surface area (Å²) in [6.07, 6.45) is 0.832. The summed E-state index contributed by atoms with van der Waals surface area (Å²) in [6.45, 7) is 5.95. The van der Waals surface area contributed by atoms with E-state index < -0.39 is 0 Å². The van der Waals surface area contributed by atoms with E-state index in [1.54, 1.807) is 30.0 Å². The monoisotopic (exact) mass is 367 g/mol. The lowest BCUT2D eigenvalue weighted by Gasteiger charge is -2.23. The van der Waals surface area contributed by atoms with Crippen LogP contribution < -0.4 is 9.47 Å². The van der Waals surface area contributed by atoms with E-state index in [4.69, 9.17) is 18.9 Å². The average Bonchev–Trinajstić information content (AvgIpc) is 2.66. The van der Waals surface area contributed by atoms with Crippen molar-refractivity contribution < 1.29 is 28.5 Å². The molecule has 0 aromatic heterocycles. The van der Waals surface area contributed by atoms with Gasteiger partial charge in [0, 0.05) is 37.9 Å². The number of hydrogen-bond acceptors (Lipinski definition) is 6. The Bertz CT molecular complexity index is 553. The maximum absolute atomic E-state index is 12.9. The van der Waals surface area contributed by atoms with Crippen molar-refractivity contribution in [2.24, 2.45) is 0 Å². The molecular formula is C19H29NO6. The van der Waals surface area contributed by atoms with Crippen molar-refractivity contribution in [2.75, 3.05) is 47.1 Å². The van der Waals surface area contributed by atoms with E-state index >= 15 is 0 Å². The van der Waals surface area contributed by atoms with Gasteiger partial charge in [0.05, 0.1) is 27.2 Å². The molecule has 0 unspecified atom stereocenters. The lowest BCUT2D eigenvalue weighted by Crippen LogP contribution is -2.34. The van der Waals surface area contributed by atoms with Gasteiger partial charge in [-0.1, -0.05) is 0 Å². The first-order valence-corrected chi connectivity index (χ1v) is 8.81. The summed E-state index contributed by atoms with van der Waals surface area (Å²) < 4.78 is 20.7. The highest BCUT2D eigenvalue weighted by molar-refractivity contribution is 5.95. The Hall–Kier alpha value is -2.28. The first kappa shape index (κ1) is 21.8. The third-order valence-corrected chi connectivity index (χ3v) is 3.70. The van der Waals surface area contributed by atoms with Gasteiger partial charge in [0.25, 0.3) is 5.91 Å². The van der Waals surface area contributed by atoms with Crippen LogP contribution in [0.15, 0.2) is 18.2 Å². The first-order chi connectivity index (χ1) is 12.5. The van der Waals surface area contributed by atoms with Crippen LogP contribution in [0.4, 0.5) is 0 Å². The van der Waals surface area contributed by atoms with Gasteiger partial charge in [0.15, 0.2) is 0 Å². The van der Waals surface area contributed by atoms with Gasteiger partial charge in [-0.2, -0.15) is 0 Å². The quantitative estimate of drug-likeness (QED) is 0.417. The SMILES string of the molecule is CCOCCCN(CCC(=O)OCC)C(=O)c1cc(OC)cc(OC)c1. The molecule has 1 rings (SSSR count). The minimum Gasteiger partial charge on any atom is -0.497 e. The molecule has 0 saturated heterocycles. The highest BCUT2D eigenvalue weighted by Crippen LogP contribution is 2.23. The Morgan fingerprint density at radius 1 is 0.962 bits per heavy atom. The summed E-state index contributed by atoms with van der Waals surface area (Å²) in [7, 11) is 3.06. The summed E-state index contributed by atoms with van der Waals surface area (Å²) in [5, 5.41) is 0. The Labute approximate surface area is 155 Å². The average molecular weight is 367 g/mol. The second-order valence-electron chi connectivity index (χ2n) is 5.50. The van der Waals surface area contributed by atoms with Crippen LogP contribution in [0, 0.1) is 0 Å². The van der Waals surface area contributed by atoms with Gasteiger partial charge in [0.2, 0.25) is 0 Å². The molecule has 0 fully saturated rings. The van der Waals surface area contributed by atoms with Crippen LogP contribution in [-0.2, 0) is 14.3 Å². The zero-order valence-electron chi connectivity index (χ0n) is 16.1. The summed E-state index contributed by atoms with van der Waals surface area (Å²) in [5.41, 5.74) is 0.446. The molecule has 0 saturated carbocycles. The van der Waals surface area contributed by atoms with Gasteiger partial charge in [-0.15, -0.1) is 0 Å². The van der Waals surface area contributed by atoms with Crippen molar-refractivity contribution in [3.05, 3.63) is 23.8 Å². The molecule has 0 aliphatic rings. The van der Waals surface area contributed by atoms with Gasteiger partial charge in [-0.3, -0.25) is 9.59 Å². The molecule has 0 aliphatic carbocycles. The van der Waals surface area contributed by atoms with Crippen molar-refractivity contribution in [3.63, 3.8) is 0 Å². The number of hydrogen-bond donors (Lipinski definition) is 0. The summed E-state index contributed by atoms with van der Waals surface area (Å²) in [5.74, 6) is 0.557. The Balaban J connectivity index is 2.88. The van der Waals surface area contributed by atoms with E-state index in [1.807, 2.05) is 6.92 Å². The minimum absolute atomic E-state index is 0.148. The van der Waals surface area contributed by atoms with Crippen molar-refractivity contribution in [2.45, 2.75) is 26.7 Å². The number of carbonyl (C=O) groups is 2. The van der Waals surface area contributed by atoms with Crippen molar-refractivity contribution in [3.8, 4) is 11.5 Å². The summed E-state index contributed by atoms with van der Waals surface area (Å²) >= 11 is 0. The number of benzene rings is 1. The van der Waals surface area contributed by atoms with Crippen molar-refractivity contribution in [1.29, 1.82) is 0 Å². The van der Waals surface area contributed by atoms with Crippen LogP contribution in [0.3, 0.4) is 0 Å². The van der Waals surface area contributed by atoms with Crippen LogP contribution in [0.1, 0.15) is 37.0 Å². The number of esters is 1. The lowest BCUT2D eigenvalue weighted by atomic mass is 10.1. The maximum atomic E-state index is 12.9. The molecule has 0 N–H and O–H groups in total. The van der Waals surface area contributed by atoms with Crippen LogP contribution in [0.5, 0.6) is 11.5 Å². The van der Waals surface area contributed by atoms with E-state index in [1.165, 1.54) is 14.2 Å². The fourth-order valence-electron chi connectivity index (χ4n) is 2.39. The van der Waals surface area contributed by atoms with Crippen LogP contribution in [0.2, 0.25) is 0 Å². The van der Waals surface area contributed by atoms with Gasteiger partial charge >= 0.3 is 5.97 Å². The first-order valence-electron chi connectivity index (χ1n) is 8.81. The molecule has 0 bridgehead atoms. The number of ether oxygens (including phenoxy) is 4. The molecule has 0 aliphatic heterocycles. The zero-order valence-corrected chi connectivity index (χ0v) is 16.1. The molecule has 7 nitrogen and oxygen atoms in total. The molecule has 146 valence electrons. The topological polar surface area (TPSA) is 74.3 Å². The number of rotatable bonds is 12. The second kappa shape index (κ2) is 12.1. The van der Waals surface area contributed by atoms with E-state index in [9.17, 15) is 9.59 Å². The molecule has 1 amide bonds. The van der Waals surface area contributed by atoms with E-state index in [-0.39, 0.29) is 24.8 Å². The fraction of sp³-hybridized carbons (Fsp3) is 0.579. The number of amides is 1. The number of methoxy groups -OCH3 is 2. The van der Waals surface area contributed by atoms with Crippen molar-refractivity contribution in [1.82, 2.24) is 4.90 Å². The molecular weight excluding hydrogens is 338 g/mol. The van der Waals surface area contributed by atoms with E-state index in [0.29, 0.717) is 49.8 Å². The third kappa shape index (κ3) is 7.31. The molecule has 1 aromatic rings. The van der Waals surface area contributed by atoms with Crippen LogP contribution in [-0.4, -0.2) is 63.9 Å². The number of carbonyl (C=O) groups excluding carboxylic acids is 2. The molecule has 0 atom stereocenters. The molecule has 0 heterocycles. The highest BCUT2D eigenvalue weighted by Gasteiger charge is 2.19. The Morgan fingerprint density at radius 3 is 2.15 bits per heavy atom. The molecule has 26 heavy (non-hydrogen) atoms. The number of nitrogens with zero attached hydrogens (tertiary/aromatic N) is 1. The molecule has 1 aromatic carbocycles. The second-order valence-corrected chi connectivity index (χ2v) is 5.50. The van der Waals surface area contributed by atoms with Crippen LogP contribution >= 0.6 is 0 Å². The van der Waals surface area contributed by atoms with Gasteiger partial charge in [0.1, 0.15) is 11.5 Å². The van der Waals surface area contributed by atoms with Gasteiger partial charge in [-0.25, -0.2) is 0 Å². The molecule has 0 radical (unpaired) electrons. The predicted octanol–water partition coefficient (Wildman–Crippen LogP) is 2.53. The summed E-state index contributed by atoms with van der Waals surface area (Å²) in [6, 6.07) is 5.02. The lowest BCUT2D eigenvalue weighted by molar-refractivity contribution is -0.143. The van der Waals surface area contributed by atoms with Crippen molar-refractivity contribution >= 4 is 11.9 Å². The standard InChI is InChI=1S/C19H29NO6/c1-5-25-11-7-9-20(10-8-18(21)26-6-2)19(22)15-12-16(23-3)14-17(13-15)24-4/h12-14H,5-11H2,1-4H3. The minimum atomic E-state index is -0.321. The van der Waals surface area contributed by atoms with Gasteiger partial charge < -0.3 is 23.8 Å². The fourth-order valence-corrected chi connectivity index (χ4v) is 2.39. The highest BCUT2D eigenvalue weighted by atomic mass is 16.5. The maximum Gasteiger partial charge on any atom is 0.307 e. The largest absolute Gasteiger partial charge is 0.497 e. The predicted molar refractivity (Wildman–Crippen MR) is 97.8 cm³/mol. The summed E-state index contributed by atoms with van der Waals surface area (Å²) in [4.78, 5) is 26.2.